The second-order valence-electron chi connectivity index (χ2n) is 6.24. The van der Waals surface area contributed by atoms with Crippen LogP contribution in [-0.2, 0) is 0 Å². The summed E-state index contributed by atoms with van der Waals surface area (Å²) in [5, 5.41) is 5.63. The third-order valence-electron chi connectivity index (χ3n) is 3.86. The number of benzene rings is 1. The summed E-state index contributed by atoms with van der Waals surface area (Å²) in [6.07, 6.45) is 1.47. The van der Waals surface area contributed by atoms with E-state index in [1.807, 2.05) is 51.0 Å². The van der Waals surface area contributed by atoms with Crippen LogP contribution in [0.25, 0.3) is 0 Å². The molecule has 1 heterocycles. The second kappa shape index (κ2) is 8.39. The zero-order valence-corrected chi connectivity index (χ0v) is 15.1. The molecule has 0 radical (unpaired) electrons. The fraction of sp³-hybridized carbons (Fsp3) is 0.316. The Morgan fingerprint density at radius 2 is 1.80 bits per heavy atom. The Hall–Kier alpha value is -2.73. The van der Waals surface area contributed by atoms with Gasteiger partial charge in [-0.05, 0) is 63.3 Å². The summed E-state index contributed by atoms with van der Waals surface area (Å²) in [6.45, 7) is 5.29. The molecule has 132 valence electrons. The summed E-state index contributed by atoms with van der Waals surface area (Å²) in [5.74, 6) is -0.560. The van der Waals surface area contributed by atoms with Gasteiger partial charge < -0.3 is 15.5 Å². The van der Waals surface area contributed by atoms with Gasteiger partial charge in [-0.15, -0.1) is 0 Å². The molecule has 0 fully saturated rings. The van der Waals surface area contributed by atoms with Gasteiger partial charge in [-0.3, -0.25) is 14.6 Å². The molecule has 6 heteroatoms. The molecule has 1 aromatic carbocycles. The van der Waals surface area contributed by atoms with Crippen LogP contribution in [0.15, 0.2) is 36.5 Å². The van der Waals surface area contributed by atoms with Crippen LogP contribution < -0.4 is 10.6 Å². The van der Waals surface area contributed by atoms with Gasteiger partial charge in [0.1, 0.15) is 5.69 Å². The summed E-state index contributed by atoms with van der Waals surface area (Å²) in [6, 6.07) is 8.80. The number of hydrogen-bond donors (Lipinski definition) is 2. The van der Waals surface area contributed by atoms with Crippen molar-refractivity contribution in [2.45, 2.75) is 13.8 Å². The van der Waals surface area contributed by atoms with E-state index in [1.54, 1.807) is 6.07 Å². The minimum Gasteiger partial charge on any atom is -0.351 e. The zero-order chi connectivity index (χ0) is 18.4. The van der Waals surface area contributed by atoms with Crippen LogP contribution in [0, 0.1) is 13.8 Å². The molecule has 2 N–H and O–H groups in total. The lowest BCUT2D eigenvalue weighted by Gasteiger charge is -2.11. The summed E-state index contributed by atoms with van der Waals surface area (Å²) >= 11 is 0. The fourth-order valence-electron chi connectivity index (χ4n) is 2.21. The molecule has 0 aliphatic heterocycles. The minimum absolute atomic E-state index is 0.207. The topological polar surface area (TPSA) is 74.3 Å². The predicted octanol–water partition coefficient (Wildman–Crippen LogP) is 2.24. The Labute approximate surface area is 148 Å². The number of hydrogen-bond acceptors (Lipinski definition) is 4. The molecule has 0 saturated heterocycles. The molecule has 2 amide bonds. The standard InChI is InChI=1S/C19H24N4O2/c1-13-5-6-16(11-14(13)2)22-19(25)17-12-15(7-8-20-17)18(24)21-9-10-23(3)4/h5-8,11-12H,9-10H2,1-4H3,(H,21,24)(H,22,25). The summed E-state index contributed by atoms with van der Waals surface area (Å²) in [7, 11) is 3.88. The Kier molecular flexibility index (Phi) is 6.25. The Bertz CT molecular complexity index is 772. The Morgan fingerprint density at radius 3 is 2.48 bits per heavy atom. The van der Waals surface area contributed by atoms with Crippen LogP contribution in [0.3, 0.4) is 0 Å². The van der Waals surface area contributed by atoms with Crippen molar-refractivity contribution in [3.8, 4) is 0 Å². The molecule has 6 nitrogen and oxygen atoms in total. The molecule has 0 aliphatic carbocycles. The van der Waals surface area contributed by atoms with Crippen LogP contribution in [0.5, 0.6) is 0 Å². The normalized spacial score (nSPS) is 10.6. The van der Waals surface area contributed by atoms with E-state index in [9.17, 15) is 9.59 Å². The van der Waals surface area contributed by atoms with Gasteiger partial charge in [0, 0.05) is 30.5 Å². The van der Waals surface area contributed by atoms with E-state index in [0.29, 0.717) is 17.8 Å². The SMILES string of the molecule is Cc1ccc(NC(=O)c2cc(C(=O)NCCN(C)C)ccn2)cc1C. The lowest BCUT2D eigenvalue weighted by molar-refractivity contribution is 0.0951. The van der Waals surface area contributed by atoms with Crippen molar-refractivity contribution < 1.29 is 9.59 Å². The average Bonchev–Trinajstić information content (AvgIpc) is 2.58. The van der Waals surface area contributed by atoms with E-state index in [-0.39, 0.29) is 17.5 Å². The molecule has 0 atom stereocenters. The number of amides is 2. The predicted molar refractivity (Wildman–Crippen MR) is 99.0 cm³/mol. The summed E-state index contributed by atoms with van der Waals surface area (Å²) < 4.78 is 0. The van der Waals surface area contributed by atoms with Crippen LogP contribution >= 0.6 is 0 Å². The third kappa shape index (κ3) is 5.39. The van der Waals surface area contributed by atoms with E-state index < -0.39 is 0 Å². The first kappa shape index (κ1) is 18.6. The Morgan fingerprint density at radius 1 is 1.04 bits per heavy atom. The average molecular weight is 340 g/mol. The number of pyridine rings is 1. The summed E-state index contributed by atoms with van der Waals surface area (Å²) in [4.78, 5) is 30.6. The number of carbonyl (C=O) groups excluding carboxylic acids is 2. The first-order chi connectivity index (χ1) is 11.9. The fourth-order valence-corrected chi connectivity index (χ4v) is 2.21. The maximum absolute atomic E-state index is 12.4. The van der Waals surface area contributed by atoms with Crippen LogP contribution in [0.1, 0.15) is 32.0 Å². The van der Waals surface area contributed by atoms with Crippen LogP contribution in [-0.4, -0.2) is 48.9 Å². The molecule has 2 rings (SSSR count). The van der Waals surface area contributed by atoms with Crippen molar-refractivity contribution in [3.63, 3.8) is 0 Å². The van der Waals surface area contributed by atoms with Crippen molar-refractivity contribution in [2.24, 2.45) is 0 Å². The lowest BCUT2D eigenvalue weighted by atomic mass is 10.1. The molecule has 2 aromatic rings. The molecule has 0 spiro atoms. The first-order valence-corrected chi connectivity index (χ1v) is 8.14. The maximum Gasteiger partial charge on any atom is 0.274 e. The molecular weight excluding hydrogens is 316 g/mol. The van der Waals surface area contributed by atoms with Gasteiger partial charge in [-0.25, -0.2) is 0 Å². The number of nitrogens with zero attached hydrogens (tertiary/aromatic N) is 2. The van der Waals surface area contributed by atoms with Gasteiger partial charge in [0.2, 0.25) is 0 Å². The van der Waals surface area contributed by atoms with Crippen LogP contribution in [0.2, 0.25) is 0 Å². The van der Waals surface area contributed by atoms with Gasteiger partial charge in [-0.2, -0.15) is 0 Å². The number of aromatic nitrogens is 1. The van der Waals surface area contributed by atoms with Gasteiger partial charge in [0.15, 0.2) is 0 Å². The molecular formula is C19H24N4O2. The van der Waals surface area contributed by atoms with Gasteiger partial charge in [0.05, 0.1) is 0 Å². The van der Waals surface area contributed by atoms with E-state index in [0.717, 1.165) is 17.7 Å². The number of likely N-dealkylation sites (N-methyl/N-ethyl adjacent to an activating group) is 1. The smallest absolute Gasteiger partial charge is 0.274 e. The Balaban J connectivity index is 2.05. The molecule has 0 saturated carbocycles. The lowest BCUT2D eigenvalue weighted by Crippen LogP contribution is -2.31. The highest BCUT2D eigenvalue weighted by atomic mass is 16.2. The molecule has 0 unspecified atom stereocenters. The van der Waals surface area contributed by atoms with E-state index in [2.05, 4.69) is 15.6 Å². The van der Waals surface area contributed by atoms with Crippen LogP contribution in [0.4, 0.5) is 5.69 Å². The highest BCUT2D eigenvalue weighted by Crippen LogP contribution is 2.15. The number of anilines is 1. The maximum atomic E-state index is 12.4. The minimum atomic E-state index is -0.341. The quantitative estimate of drug-likeness (QED) is 0.846. The van der Waals surface area contributed by atoms with Gasteiger partial charge in [0.25, 0.3) is 11.8 Å². The zero-order valence-electron chi connectivity index (χ0n) is 15.1. The first-order valence-electron chi connectivity index (χ1n) is 8.14. The van der Waals surface area contributed by atoms with Crippen molar-refractivity contribution in [1.82, 2.24) is 15.2 Å². The van der Waals surface area contributed by atoms with Gasteiger partial charge in [-0.1, -0.05) is 6.07 Å². The number of nitrogens with one attached hydrogen (secondary N) is 2. The van der Waals surface area contributed by atoms with Crippen molar-refractivity contribution >= 4 is 17.5 Å². The summed E-state index contributed by atoms with van der Waals surface area (Å²) in [5.41, 5.74) is 3.58. The molecule has 25 heavy (non-hydrogen) atoms. The largest absolute Gasteiger partial charge is 0.351 e. The van der Waals surface area contributed by atoms with E-state index in [1.165, 1.54) is 12.3 Å². The van der Waals surface area contributed by atoms with Crippen molar-refractivity contribution in [1.29, 1.82) is 0 Å². The van der Waals surface area contributed by atoms with Crippen molar-refractivity contribution in [2.75, 3.05) is 32.5 Å². The van der Waals surface area contributed by atoms with Gasteiger partial charge >= 0.3 is 0 Å². The van der Waals surface area contributed by atoms with E-state index in [4.69, 9.17) is 0 Å². The van der Waals surface area contributed by atoms with E-state index >= 15 is 0 Å². The number of aryl methyl sites for hydroxylation is 2. The molecule has 0 bridgehead atoms. The van der Waals surface area contributed by atoms with Crippen molar-refractivity contribution in [3.05, 3.63) is 58.9 Å². The molecule has 0 aliphatic rings. The third-order valence-corrected chi connectivity index (χ3v) is 3.86. The second-order valence-corrected chi connectivity index (χ2v) is 6.24. The monoisotopic (exact) mass is 340 g/mol. The highest BCUT2D eigenvalue weighted by molar-refractivity contribution is 6.04. The number of carbonyl (C=O) groups is 2. The highest BCUT2D eigenvalue weighted by Gasteiger charge is 2.12. The molecule has 1 aromatic heterocycles. The number of rotatable bonds is 6.